The van der Waals surface area contributed by atoms with E-state index in [1.54, 1.807) is 28.8 Å². The quantitative estimate of drug-likeness (QED) is 0.0743. The van der Waals surface area contributed by atoms with Crippen molar-refractivity contribution in [1.82, 2.24) is 60.0 Å². The van der Waals surface area contributed by atoms with Crippen LogP contribution in [0.15, 0.2) is 55.8 Å². The van der Waals surface area contributed by atoms with Crippen LogP contribution in [-0.2, 0) is 24.0 Å². The number of nitrogens with one attached hydrogen (secondary N) is 4. The monoisotopic (exact) mass is 1820 g/mol. The van der Waals surface area contributed by atoms with Gasteiger partial charge in [-0.3, -0.25) is 19.2 Å². The number of nitrogens with zero attached hydrogens (tertiary/aromatic N) is 13. The largest absolute Gasteiger partial charge is 0.481 e. The Bertz CT molecular complexity index is 2980. The van der Waals surface area contributed by atoms with Gasteiger partial charge in [0.1, 0.15) is 66.2 Å². The van der Waals surface area contributed by atoms with Crippen molar-refractivity contribution in [2.24, 2.45) is 17.8 Å². The molecule has 8 N–H and O–H groups in total. The molecule has 0 radical (unpaired) electrons. The summed E-state index contributed by atoms with van der Waals surface area (Å²) in [6.07, 6.45) is 11.0. The van der Waals surface area contributed by atoms with Crippen molar-refractivity contribution in [2.75, 3.05) is 75.1 Å². The minimum Gasteiger partial charge on any atom is -0.481 e. The molecule has 9 heterocycles. The van der Waals surface area contributed by atoms with Gasteiger partial charge in [-0.25, -0.2) is 34.7 Å². The van der Waals surface area contributed by atoms with Crippen LogP contribution < -0.4 is 33.3 Å². The Hall–Kier alpha value is -4.11. The smallest absolute Gasteiger partial charge is 0.336 e. The van der Waals surface area contributed by atoms with Crippen LogP contribution in [0.1, 0.15) is 65.7 Å². The van der Waals surface area contributed by atoms with Crippen molar-refractivity contribution >= 4 is 179 Å². The zero-order valence-electron chi connectivity index (χ0n) is 46.3. The summed E-state index contributed by atoms with van der Waals surface area (Å²) in [7, 11) is 6.14. The predicted octanol–water partition coefficient (Wildman–Crippen LogP) is 4.40. The van der Waals surface area contributed by atoms with Gasteiger partial charge in [-0.05, 0) is 61.8 Å². The van der Waals surface area contributed by atoms with Crippen LogP contribution in [0.4, 0.5) is 17.5 Å². The number of halogens is 6. The third kappa shape index (κ3) is 20.8. The predicted molar refractivity (Wildman–Crippen MR) is 355 cm³/mol. The maximum Gasteiger partial charge on any atom is 0.336 e. The molecule has 0 bridgehead atoms. The topological polar surface area (TPSA) is 367 Å². The molecule has 2 amide bonds. The normalized spacial score (nSPS) is 19.0. The molecule has 83 heavy (non-hydrogen) atoms. The van der Waals surface area contributed by atoms with E-state index in [1.807, 2.05) is 63.0 Å². The molecule has 0 saturated carbocycles. The van der Waals surface area contributed by atoms with Gasteiger partial charge in [0.25, 0.3) is 0 Å². The van der Waals surface area contributed by atoms with Gasteiger partial charge in [0.2, 0.25) is 11.8 Å². The number of likely N-dealkylation sites (N-methyl/N-ethyl adjacent to an activating group) is 3. The van der Waals surface area contributed by atoms with Gasteiger partial charge in [0, 0.05) is 116 Å². The van der Waals surface area contributed by atoms with E-state index in [0.29, 0.717) is 50.1 Å². The SMILES string of the molecule is C[C@@H]1CCN(C(=O)CC#N)C[C@@H]1N(C)c1ncnc2[nH]ccc12.C[C@@H]1CCN(C(=O)CC#N)C[C@@H]1N(C)c1ncnc2[nH]ccc12.C[C@@H]1CCNC[C@@H]1N(C)c1ncnc2[nH]ccc12.I.II.I[I-]I.O=C(O)CC(O)(CC(=O)O)C(=O)O. The van der Waals surface area contributed by atoms with Crippen LogP contribution in [-0.4, -0.2) is 189 Å². The molecule has 3 aliphatic heterocycles. The first-order chi connectivity index (χ1) is 39.2. The molecule has 0 aromatic carbocycles. The summed E-state index contributed by atoms with van der Waals surface area (Å²) in [5, 5.41) is 57.8. The molecule has 32 heteroatoms. The molecule has 3 aliphatic rings. The Morgan fingerprint density at radius 1 is 0.639 bits per heavy atom. The number of aromatic amines is 3. The summed E-state index contributed by atoms with van der Waals surface area (Å²) in [6.45, 7) is 11.5. The van der Waals surface area contributed by atoms with Crippen LogP contribution in [0.2, 0.25) is 0 Å². The molecule has 0 unspecified atom stereocenters. The Morgan fingerprint density at radius 2 is 0.976 bits per heavy atom. The summed E-state index contributed by atoms with van der Waals surface area (Å²) in [4.78, 5) is 100. The molecule has 9 rings (SSSR count). The minimum absolute atomic E-state index is 0. The molecule has 26 nitrogen and oxygen atoms in total. The fourth-order valence-electron chi connectivity index (χ4n) is 10.0. The summed E-state index contributed by atoms with van der Waals surface area (Å²) in [6, 6.07) is 10.7. The molecule has 6 atom stereocenters. The van der Waals surface area contributed by atoms with Crippen LogP contribution >= 0.6 is 98.4 Å². The van der Waals surface area contributed by atoms with Crippen molar-refractivity contribution in [2.45, 2.75) is 89.4 Å². The Balaban J connectivity index is 0.000000287. The fraction of sp³-hybridized carbons (Fsp3) is 0.510. The van der Waals surface area contributed by atoms with Crippen molar-refractivity contribution in [3.05, 3.63) is 55.8 Å². The van der Waals surface area contributed by atoms with E-state index in [0.717, 1.165) is 89.6 Å². The summed E-state index contributed by atoms with van der Waals surface area (Å²) in [5.74, 6) is -0.897. The third-order valence-electron chi connectivity index (χ3n) is 14.6. The zero-order valence-corrected chi connectivity index (χ0v) is 59.4. The molecule has 6 aromatic heterocycles. The van der Waals surface area contributed by atoms with Crippen LogP contribution in [0.25, 0.3) is 33.1 Å². The number of carbonyl (C=O) groups is 5. The van der Waals surface area contributed by atoms with Gasteiger partial charge in [-0.15, -0.1) is 24.0 Å². The van der Waals surface area contributed by atoms with Crippen molar-refractivity contribution in [3.8, 4) is 12.1 Å². The number of rotatable bonds is 13. The summed E-state index contributed by atoms with van der Waals surface area (Å²) in [5.41, 5.74) is -0.216. The van der Waals surface area contributed by atoms with Crippen molar-refractivity contribution in [3.63, 3.8) is 0 Å². The van der Waals surface area contributed by atoms with Crippen molar-refractivity contribution in [1.29, 1.82) is 10.5 Å². The van der Waals surface area contributed by atoms with Crippen LogP contribution in [0.3, 0.4) is 0 Å². The van der Waals surface area contributed by atoms with Gasteiger partial charge < -0.3 is 65.2 Å². The standard InChI is InChI=1S/2C16H20N6O.C13H19N5.C6H8O7.I3.I2.HI/c2*1-11-5-8-22(14(23)3-6-17)9-13(11)21(2)16-12-4-7-18-15(12)19-10-20-16;1-9-3-5-14-7-11(9)18(2)13-10-4-6-15-12(10)16-8-17-13;7-3(8)1-6(13,5(11)12)2-4(9)10;1-3-2;1-2;/h2*4,7,10-11,13H,3,5,8-9H2,1-2H3,(H,18,19,20);4,6,8-9,11,14H,3,5,7H2,1-2H3,(H,15,16,17);13H,1-2H2,(H,7,8)(H,9,10)(H,11,12);;;1H/q;;;;-1;;/t2*11-,13+;9-,11+;;;;/m111..../s1. The van der Waals surface area contributed by atoms with Gasteiger partial charge in [-0.2, -0.15) is 10.5 Å². The van der Waals surface area contributed by atoms with E-state index in [9.17, 15) is 24.0 Å². The molecule has 454 valence electrons. The number of hydrogen-bond acceptors (Lipinski definition) is 18. The van der Waals surface area contributed by atoms with E-state index in [-0.39, 0.29) is 60.7 Å². The Morgan fingerprint density at radius 3 is 1.29 bits per heavy atom. The number of aliphatic hydroxyl groups is 1. The number of likely N-dealkylation sites (tertiary alicyclic amines) is 2. The van der Waals surface area contributed by atoms with Gasteiger partial charge in [-0.1, -0.05) is 20.8 Å². The van der Waals surface area contributed by atoms with E-state index in [1.165, 1.54) is 6.42 Å². The van der Waals surface area contributed by atoms with E-state index < -0.39 is 36.4 Å². The number of carboxylic acid groups (broad SMARTS) is 3. The number of aliphatic carboxylic acids is 3. The van der Waals surface area contributed by atoms with Gasteiger partial charge in [0.15, 0.2) is 5.60 Å². The van der Waals surface area contributed by atoms with Crippen LogP contribution in [0, 0.1) is 40.4 Å². The number of anilines is 3. The molecule has 0 aliphatic carbocycles. The number of hydrogen-bond donors (Lipinski definition) is 8. The number of carbonyl (C=O) groups excluding carboxylic acids is 2. The van der Waals surface area contributed by atoms with Gasteiger partial charge in [0.05, 0.1) is 53.2 Å². The van der Waals surface area contributed by atoms with E-state index in [4.69, 9.17) is 30.9 Å². The third-order valence-corrected chi connectivity index (χ3v) is 14.6. The Kier molecular flexibility index (Phi) is 32.4. The molecular weight excluding hydrogens is 1760 g/mol. The second kappa shape index (κ2) is 36.8. The maximum absolute atomic E-state index is 12.0. The second-order valence-corrected chi connectivity index (χ2v) is 36.0. The summed E-state index contributed by atoms with van der Waals surface area (Å²) >= 11 is 9.54. The first kappa shape index (κ1) is 73.1. The molecule has 0 spiro atoms. The number of aromatic nitrogens is 9. The molecule has 3 fully saturated rings. The zero-order chi connectivity index (χ0) is 60.7. The number of fused-ring (bicyclic) bond motifs is 3. The second-order valence-electron chi connectivity index (χ2n) is 19.7. The maximum atomic E-state index is 12.0. The first-order valence-electron chi connectivity index (χ1n) is 25.6. The number of nitriles is 2. The molecular formula is C51H68I6N17O9-. The molecule has 3 saturated heterocycles. The van der Waals surface area contributed by atoms with Crippen molar-refractivity contribution < 1.29 is 57.7 Å². The minimum atomic E-state index is -2.74. The van der Waals surface area contributed by atoms with E-state index >= 15 is 0 Å². The fourth-order valence-corrected chi connectivity index (χ4v) is 10.0. The van der Waals surface area contributed by atoms with Crippen LogP contribution in [0.5, 0.6) is 0 Å². The Labute approximate surface area is 550 Å². The van der Waals surface area contributed by atoms with E-state index in [2.05, 4.69) is 167 Å². The number of amides is 2. The number of carboxylic acids is 3. The number of H-pyrrole nitrogens is 3. The average Bonchev–Trinajstić information content (AvgIpc) is 4.11. The van der Waals surface area contributed by atoms with Gasteiger partial charge >= 0.3 is 68.4 Å². The average molecular weight is 1820 g/mol. The summed E-state index contributed by atoms with van der Waals surface area (Å²) < 4.78 is 0. The molecule has 6 aromatic rings. The number of piperidine rings is 3. The first-order valence-corrected chi connectivity index (χ1v) is 44.5.